The molecule has 1 aromatic heterocycles. The maximum Gasteiger partial charge on any atom is 0.270 e. The van der Waals surface area contributed by atoms with Crippen molar-refractivity contribution in [2.45, 2.75) is 25.2 Å². The number of hydrogen-bond acceptors (Lipinski definition) is 4. The number of nitrogens with one attached hydrogen (secondary N) is 1. The second-order valence-electron chi connectivity index (χ2n) is 6.45. The molecule has 1 aromatic carbocycles. The van der Waals surface area contributed by atoms with Gasteiger partial charge in [-0.25, -0.2) is 18.7 Å². The van der Waals surface area contributed by atoms with E-state index in [9.17, 15) is 13.6 Å². The summed E-state index contributed by atoms with van der Waals surface area (Å²) in [5, 5.41) is 2.77. The number of aromatic nitrogens is 2. The van der Waals surface area contributed by atoms with Crippen molar-refractivity contribution in [3.05, 3.63) is 41.6 Å². The number of piperidine rings is 1. The third-order valence-electron chi connectivity index (χ3n) is 4.59. The van der Waals surface area contributed by atoms with Gasteiger partial charge in [0.25, 0.3) is 11.8 Å². The molecule has 0 saturated carbocycles. The monoisotopic (exact) mass is 344 g/mol. The van der Waals surface area contributed by atoms with Crippen LogP contribution in [0.25, 0.3) is 11.4 Å². The van der Waals surface area contributed by atoms with Crippen LogP contribution >= 0.6 is 0 Å². The number of alkyl halides is 2. The summed E-state index contributed by atoms with van der Waals surface area (Å²) in [5.74, 6) is -2.15. The van der Waals surface area contributed by atoms with E-state index in [1.807, 2.05) is 30.3 Å². The van der Waals surface area contributed by atoms with Crippen molar-refractivity contribution in [2.24, 2.45) is 0 Å². The van der Waals surface area contributed by atoms with Gasteiger partial charge in [-0.1, -0.05) is 30.3 Å². The topological polar surface area (TPSA) is 58.1 Å². The second-order valence-corrected chi connectivity index (χ2v) is 6.45. The normalized spacial score (nSPS) is 19.3. The molecule has 2 aliphatic rings. The van der Waals surface area contributed by atoms with Gasteiger partial charge in [-0.2, -0.15) is 0 Å². The fraction of sp³-hybridized carbons (Fsp3) is 0.389. The summed E-state index contributed by atoms with van der Waals surface area (Å²) < 4.78 is 27.8. The lowest BCUT2D eigenvalue weighted by Gasteiger charge is -2.35. The van der Waals surface area contributed by atoms with Gasteiger partial charge in [-0.15, -0.1) is 0 Å². The number of halogens is 2. The Morgan fingerprint density at radius 1 is 1.16 bits per heavy atom. The van der Waals surface area contributed by atoms with Crippen molar-refractivity contribution in [1.82, 2.24) is 15.3 Å². The number of nitrogens with zero attached hydrogens (tertiary/aromatic N) is 3. The first-order valence-corrected chi connectivity index (χ1v) is 8.41. The molecule has 0 atom stereocenters. The number of amides is 1. The molecule has 0 radical (unpaired) electrons. The third-order valence-corrected chi connectivity index (χ3v) is 4.59. The predicted octanol–water partition coefficient (Wildman–Crippen LogP) is 2.67. The molecule has 3 heterocycles. The largest absolute Gasteiger partial charge is 0.350 e. The number of benzene rings is 1. The first kappa shape index (κ1) is 15.9. The number of anilines is 1. The fourth-order valence-corrected chi connectivity index (χ4v) is 3.40. The van der Waals surface area contributed by atoms with E-state index >= 15 is 0 Å². The lowest BCUT2D eigenvalue weighted by molar-refractivity contribution is -0.0119. The average molecular weight is 344 g/mol. The maximum absolute atomic E-state index is 13.9. The SMILES string of the molecule is O=C1NCCc2c1nc(-c1ccccc1)nc2N1CCCC(F)(F)C1. The van der Waals surface area contributed by atoms with Crippen LogP contribution in [0.1, 0.15) is 28.9 Å². The fourth-order valence-electron chi connectivity index (χ4n) is 3.40. The highest BCUT2D eigenvalue weighted by molar-refractivity contribution is 5.96. The smallest absolute Gasteiger partial charge is 0.270 e. The van der Waals surface area contributed by atoms with E-state index in [0.29, 0.717) is 48.8 Å². The van der Waals surface area contributed by atoms with Crippen LogP contribution in [-0.4, -0.2) is 41.4 Å². The quantitative estimate of drug-likeness (QED) is 0.910. The lowest BCUT2D eigenvalue weighted by atomic mass is 10.0. The van der Waals surface area contributed by atoms with E-state index in [1.165, 1.54) is 0 Å². The molecule has 1 fully saturated rings. The molecule has 0 bridgehead atoms. The van der Waals surface area contributed by atoms with Crippen molar-refractivity contribution in [2.75, 3.05) is 24.5 Å². The van der Waals surface area contributed by atoms with E-state index in [0.717, 1.165) is 5.56 Å². The van der Waals surface area contributed by atoms with Gasteiger partial charge in [0, 0.05) is 30.6 Å². The molecule has 1 saturated heterocycles. The van der Waals surface area contributed by atoms with Crippen molar-refractivity contribution >= 4 is 11.7 Å². The Hall–Kier alpha value is -2.57. The van der Waals surface area contributed by atoms with Gasteiger partial charge in [0.2, 0.25) is 0 Å². The van der Waals surface area contributed by atoms with E-state index in [4.69, 9.17) is 0 Å². The Balaban J connectivity index is 1.84. The van der Waals surface area contributed by atoms with Crippen LogP contribution in [0.3, 0.4) is 0 Å². The minimum absolute atomic E-state index is 0.108. The van der Waals surface area contributed by atoms with Crippen LogP contribution in [0.2, 0.25) is 0 Å². The minimum atomic E-state index is -2.74. The number of carbonyl (C=O) groups excluding carboxylic acids is 1. The van der Waals surface area contributed by atoms with Crippen LogP contribution in [0.4, 0.5) is 14.6 Å². The van der Waals surface area contributed by atoms with Crippen LogP contribution in [-0.2, 0) is 6.42 Å². The summed E-state index contributed by atoms with van der Waals surface area (Å²) in [4.78, 5) is 22.9. The molecule has 2 aromatic rings. The zero-order valence-electron chi connectivity index (χ0n) is 13.6. The van der Waals surface area contributed by atoms with Crippen molar-refractivity contribution < 1.29 is 13.6 Å². The number of fused-ring (bicyclic) bond motifs is 1. The van der Waals surface area contributed by atoms with Gasteiger partial charge in [0.1, 0.15) is 11.5 Å². The molecular weight excluding hydrogens is 326 g/mol. The van der Waals surface area contributed by atoms with Crippen LogP contribution in [0.15, 0.2) is 30.3 Å². The van der Waals surface area contributed by atoms with Gasteiger partial charge in [0.05, 0.1) is 6.54 Å². The molecule has 25 heavy (non-hydrogen) atoms. The Morgan fingerprint density at radius 3 is 2.72 bits per heavy atom. The van der Waals surface area contributed by atoms with Gasteiger partial charge in [-0.05, 0) is 12.8 Å². The van der Waals surface area contributed by atoms with E-state index in [1.54, 1.807) is 4.90 Å². The van der Waals surface area contributed by atoms with Gasteiger partial charge < -0.3 is 10.2 Å². The molecule has 0 aliphatic carbocycles. The molecule has 4 rings (SSSR count). The van der Waals surface area contributed by atoms with Crippen molar-refractivity contribution in [3.63, 3.8) is 0 Å². The molecule has 2 aliphatic heterocycles. The number of hydrogen-bond donors (Lipinski definition) is 1. The van der Waals surface area contributed by atoms with Gasteiger partial charge in [-0.3, -0.25) is 4.79 Å². The third kappa shape index (κ3) is 3.06. The summed E-state index contributed by atoms with van der Waals surface area (Å²) in [5.41, 5.74) is 1.72. The molecule has 0 spiro atoms. The van der Waals surface area contributed by atoms with E-state index in [-0.39, 0.29) is 18.9 Å². The zero-order chi connectivity index (χ0) is 17.4. The van der Waals surface area contributed by atoms with Crippen molar-refractivity contribution in [1.29, 1.82) is 0 Å². The Morgan fingerprint density at radius 2 is 1.96 bits per heavy atom. The first-order chi connectivity index (χ1) is 12.0. The zero-order valence-corrected chi connectivity index (χ0v) is 13.6. The van der Waals surface area contributed by atoms with Crippen LogP contribution in [0.5, 0.6) is 0 Å². The molecule has 0 unspecified atom stereocenters. The number of carbonyl (C=O) groups is 1. The molecule has 130 valence electrons. The Kier molecular flexibility index (Phi) is 3.86. The molecule has 1 amide bonds. The van der Waals surface area contributed by atoms with Crippen molar-refractivity contribution in [3.8, 4) is 11.4 Å². The highest BCUT2D eigenvalue weighted by atomic mass is 19.3. The number of rotatable bonds is 2. The lowest BCUT2D eigenvalue weighted by Crippen LogP contribution is -2.44. The summed E-state index contributed by atoms with van der Waals surface area (Å²) >= 11 is 0. The maximum atomic E-state index is 13.9. The van der Waals surface area contributed by atoms with Gasteiger partial charge >= 0.3 is 0 Å². The molecular formula is C18H18F2N4O. The van der Waals surface area contributed by atoms with Crippen LogP contribution < -0.4 is 10.2 Å². The summed E-state index contributed by atoms with van der Waals surface area (Å²) in [6.07, 6.45) is 0.842. The summed E-state index contributed by atoms with van der Waals surface area (Å²) in [6.45, 7) is 0.609. The minimum Gasteiger partial charge on any atom is -0.350 e. The Labute approximate surface area is 144 Å². The first-order valence-electron chi connectivity index (χ1n) is 8.41. The second kappa shape index (κ2) is 6.06. The summed E-state index contributed by atoms with van der Waals surface area (Å²) in [7, 11) is 0. The highest BCUT2D eigenvalue weighted by Gasteiger charge is 2.37. The summed E-state index contributed by atoms with van der Waals surface area (Å²) in [6, 6.07) is 9.27. The molecule has 5 nitrogen and oxygen atoms in total. The average Bonchev–Trinajstić information content (AvgIpc) is 2.61. The standard InChI is InChI=1S/C18H18F2N4O/c19-18(20)8-4-10-24(11-18)16-13-7-9-21-17(25)14(13)22-15(23-16)12-5-2-1-3-6-12/h1-3,5-6H,4,7-11H2,(H,21,25). The van der Waals surface area contributed by atoms with Crippen LogP contribution in [0, 0.1) is 0 Å². The molecule has 7 heteroatoms. The Bertz CT molecular complexity index is 810. The molecule has 1 N–H and O–H groups in total. The van der Waals surface area contributed by atoms with E-state index < -0.39 is 5.92 Å². The van der Waals surface area contributed by atoms with E-state index in [2.05, 4.69) is 15.3 Å². The highest BCUT2D eigenvalue weighted by Crippen LogP contribution is 2.33. The van der Waals surface area contributed by atoms with Gasteiger partial charge in [0.15, 0.2) is 5.82 Å². The predicted molar refractivity (Wildman–Crippen MR) is 89.9 cm³/mol.